The van der Waals surface area contributed by atoms with Crippen molar-refractivity contribution >= 4 is 27.7 Å². The lowest BCUT2D eigenvalue weighted by Gasteiger charge is -2.35. The molecule has 2 aliphatic rings. The van der Waals surface area contributed by atoms with Gasteiger partial charge in [0, 0.05) is 6.54 Å². The minimum absolute atomic E-state index is 0.222. The van der Waals surface area contributed by atoms with Crippen LogP contribution in [0.4, 0.5) is 0 Å². The zero-order chi connectivity index (χ0) is 15.1. The predicted octanol–water partition coefficient (Wildman–Crippen LogP) is -1.72. The summed E-state index contributed by atoms with van der Waals surface area (Å²) in [6.45, 7) is 1.58. The predicted molar refractivity (Wildman–Crippen MR) is 68.9 cm³/mol. The van der Waals surface area contributed by atoms with Crippen LogP contribution in [0.5, 0.6) is 0 Å². The molecule has 2 unspecified atom stereocenters. The number of rotatable bonds is 2. The number of nitrogens with one attached hydrogen (secondary N) is 1. The number of imide groups is 1. The van der Waals surface area contributed by atoms with Gasteiger partial charge in [-0.25, -0.2) is 8.42 Å². The molecule has 2 aliphatic heterocycles. The summed E-state index contributed by atoms with van der Waals surface area (Å²) < 4.78 is 24.4. The summed E-state index contributed by atoms with van der Waals surface area (Å²) >= 11 is 0. The molecule has 0 aromatic carbocycles. The van der Waals surface area contributed by atoms with Crippen LogP contribution in [0.15, 0.2) is 0 Å². The van der Waals surface area contributed by atoms with Crippen LogP contribution in [-0.2, 0) is 24.4 Å². The standard InChI is InChI=1S/C11H17N3O5S/c1-7-10(16)12-9(15)6-13(7)11(17)8-4-3-5-14(8)20(2,18)19/h7-8H,3-6H2,1-2H3,(H,12,15,16). The fourth-order valence-electron chi connectivity index (χ4n) is 2.56. The monoisotopic (exact) mass is 303 g/mol. The summed E-state index contributed by atoms with van der Waals surface area (Å²) in [5.41, 5.74) is 0. The van der Waals surface area contributed by atoms with E-state index >= 15 is 0 Å². The molecule has 0 aromatic rings. The molecule has 2 fully saturated rings. The molecule has 0 spiro atoms. The highest BCUT2D eigenvalue weighted by molar-refractivity contribution is 7.88. The molecule has 0 bridgehead atoms. The highest BCUT2D eigenvalue weighted by Crippen LogP contribution is 2.23. The van der Waals surface area contributed by atoms with Gasteiger partial charge in [-0.2, -0.15) is 4.31 Å². The van der Waals surface area contributed by atoms with Gasteiger partial charge in [0.2, 0.25) is 27.7 Å². The maximum Gasteiger partial charge on any atom is 0.249 e. The summed E-state index contributed by atoms with van der Waals surface area (Å²) in [7, 11) is -3.48. The zero-order valence-electron chi connectivity index (χ0n) is 11.3. The molecule has 0 radical (unpaired) electrons. The third-order valence-electron chi connectivity index (χ3n) is 3.62. The van der Waals surface area contributed by atoms with Crippen molar-refractivity contribution in [2.45, 2.75) is 31.8 Å². The van der Waals surface area contributed by atoms with Gasteiger partial charge in [0.15, 0.2) is 0 Å². The van der Waals surface area contributed by atoms with Crippen molar-refractivity contribution < 1.29 is 22.8 Å². The maximum absolute atomic E-state index is 12.4. The molecule has 1 N–H and O–H groups in total. The van der Waals surface area contributed by atoms with Gasteiger partial charge < -0.3 is 4.90 Å². The molecule has 2 atom stereocenters. The van der Waals surface area contributed by atoms with Gasteiger partial charge in [-0.15, -0.1) is 0 Å². The first-order chi connectivity index (χ1) is 9.21. The van der Waals surface area contributed by atoms with Gasteiger partial charge in [-0.1, -0.05) is 0 Å². The Hall–Kier alpha value is -1.48. The van der Waals surface area contributed by atoms with E-state index in [9.17, 15) is 22.8 Å². The minimum atomic E-state index is -3.48. The maximum atomic E-state index is 12.4. The molecule has 9 heteroatoms. The quantitative estimate of drug-likeness (QED) is 0.611. The summed E-state index contributed by atoms with van der Waals surface area (Å²) in [6, 6.07) is -1.59. The van der Waals surface area contributed by atoms with Crippen LogP contribution in [0.25, 0.3) is 0 Å². The van der Waals surface area contributed by atoms with E-state index in [-0.39, 0.29) is 13.1 Å². The highest BCUT2D eigenvalue weighted by atomic mass is 32.2. The van der Waals surface area contributed by atoms with Crippen LogP contribution in [-0.4, -0.2) is 66.8 Å². The van der Waals surface area contributed by atoms with Crippen molar-refractivity contribution in [1.29, 1.82) is 0 Å². The van der Waals surface area contributed by atoms with Gasteiger partial charge >= 0.3 is 0 Å². The van der Waals surface area contributed by atoms with Gasteiger partial charge in [0.25, 0.3) is 0 Å². The Labute approximate surface area is 117 Å². The van der Waals surface area contributed by atoms with Crippen LogP contribution in [0.3, 0.4) is 0 Å². The molecule has 0 aliphatic carbocycles. The van der Waals surface area contributed by atoms with E-state index in [2.05, 4.69) is 5.32 Å². The second-order valence-corrected chi connectivity index (χ2v) is 7.02. The SMILES string of the molecule is CC1C(=O)NC(=O)CN1C(=O)C1CCCN1S(C)(=O)=O. The lowest BCUT2D eigenvalue weighted by atomic mass is 10.1. The first-order valence-corrected chi connectivity index (χ1v) is 8.17. The molecule has 3 amide bonds. The second-order valence-electron chi connectivity index (χ2n) is 5.09. The van der Waals surface area contributed by atoms with E-state index in [1.807, 2.05) is 0 Å². The number of carbonyl (C=O) groups is 3. The first kappa shape index (κ1) is 14.9. The summed E-state index contributed by atoms with van der Waals surface area (Å²) in [5.74, 6) is -1.58. The van der Waals surface area contributed by atoms with E-state index in [1.165, 1.54) is 6.92 Å². The van der Waals surface area contributed by atoms with Gasteiger partial charge in [-0.05, 0) is 19.8 Å². The fraction of sp³-hybridized carbons (Fsp3) is 0.727. The summed E-state index contributed by atoms with van der Waals surface area (Å²) in [5, 5.41) is 2.14. The topological polar surface area (TPSA) is 104 Å². The number of sulfonamides is 1. The number of nitrogens with zero attached hydrogens (tertiary/aromatic N) is 2. The zero-order valence-corrected chi connectivity index (χ0v) is 12.1. The minimum Gasteiger partial charge on any atom is -0.320 e. The van der Waals surface area contributed by atoms with E-state index in [4.69, 9.17) is 0 Å². The molecule has 2 saturated heterocycles. The van der Waals surface area contributed by atoms with Crippen molar-refractivity contribution in [3.63, 3.8) is 0 Å². The average molecular weight is 303 g/mol. The van der Waals surface area contributed by atoms with Gasteiger partial charge in [-0.3, -0.25) is 19.7 Å². The molecule has 20 heavy (non-hydrogen) atoms. The number of hydrogen-bond donors (Lipinski definition) is 1. The van der Waals surface area contributed by atoms with Gasteiger partial charge in [0.1, 0.15) is 18.6 Å². The third kappa shape index (κ3) is 2.68. The summed E-state index contributed by atoms with van der Waals surface area (Å²) in [4.78, 5) is 36.5. The Balaban J connectivity index is 2.22. The Kier molecular flexibility index (Phi) is 3.83. The van der Waals surface area contributed by atoms with Crippen molar-refractivity contribution in [2.24, 2.45) is 0 Å². The fourth-order valence-corrected chi connectivity index (χ4v) is 3.68. The van der Waals surface area contributed by atoms with Crippen molar-refractivity contribution in [3.8, 4) is 0 Å². The largest absolute Gasteiger partial charge is 0.320 e. The van der Waals surface area contributed by atoms with E-state index < -0.39 is 39.8 Å². The molecule has 0 saturated carbocycles. The molecule has 8 nitrogen and oxygen atoms in total. The molecule has 2 rings (SSSR count). The Bertz CT molecular complexity index is 554. The van der Waals surface area contributed by atoms with E-state index in [0.29, 0.717) is 12.8 Å². The van der Waals surface area contributed by atoms with E-state index in [1.54, 1.807) is 0 Å². The van der Waals surface area contributed by atoms with Crippen molar-refractivity contribution in [2.75, 3.05) is 19.3 Å². The molecule has 2 heterocycles. The van der Waals surface area contributed by atoms with Crippen LogP contribution in [0, 0.1) is 0 Å². The number of hydrogen-bond acceptors (Lipinski definition) is 5. The van der Waals surface area contributed by atoms with Gasteiger partial charge in [0.05, 0.1) is 6.26 Å². The van der Waals surface area contributed by atoms with Crippen LogP contribution in [0.2, 0.25) is 0 Å². The number of piperazine rings is 1. The Morgan fingerprint density at radius 3 is 2.60 bits per heavy atom. The first-order valence-electron chi connectivity index (χ1n) is 6.33. The second kappa shape index (κ2) is 5.13. The normalized spacial score (nSPS) is 28.6. The molecular formula is C11H17N3O5S. The number of amides is 3. The Morgan fingerprint density at radius 1 is 1.35 bits per heavy atom. The van der Waals surface area contributed by atoms with E-state index in [0.717, 1.165) is 15.5 Å². The molecule has 0 aromatic heterocycles. The van der Waals surface area contributed by atoms with Crippen LogP contribution in [0.1, 0.15) is 19.8 Å². The summed E-state index contributed by atoms with van der Waals surface area (Å²) in [6.07, 6.45) is 2.05. The lowest BCUT2D eigenvalue weighted by molar-refractivity contribution is -0.151. The number of carbonyl (C=O) groups excluding carboxylic acids is 3. The van der Waals surface area contributed by atoms with Crippen molar-refractivity contribution in [3.05, 3.63) is 0 Å². The highest BCUT2D eigenvalue weighted by Gasteiger charge is 2.42. The lowest BCUT2D eigenvalue weighted by Crippen LogP contribution is -2.61. The average Bonchev–Trinajstić information content (AvgIpc) is 2.81. The third-order valence-corrected chi connectivity index (χ3v) is 4.91. The van der Waals surface area contributed by atoms with Crippen molar-refractivity contribution in [1.82, 2.24) is 14.5 Å². The van der Waals surface area contributed by atoms with Crippen LogP contribution < -0.4 is 5.32 Å². The smallest absolute Gasteiger partial charge is 0.249 e. The Morgan fingerprint density at radius 2 is 2.00 bits per heavy atom. The molecule has 112 valence electrons. The van der Waals surface area contributed by atoms with Crippen LogP contribution >= 0.6 is 0 Å². The molecular weight excluding hydrogens is 286 g/mol.